The van der Waals surface area contributed by atoms with E-state index in [2.05, 4.69) is 4.98 Å². The fourth-order valence-corrected chi connectivity index (χ4v) is 2.67. The second kappa shape index (κ2) is 5.82. The lowest BCUT2D eigenvalue weighted by atomic mass is 9.78. The van der Waals surface area contributed by atoms with E-state index in [1.165, 1.54) is 4.90 Å². The van der Waals surface area contributed by atoms with Gasteiger partial charge >= 0.3 is 5.97 Å². The van der Waals surface area contributed by atoms with Crippen molar-refractivity contribution in [3.8, 4) is 0 Å². The molecule has 1 saturated carbocycles. The van der Waals surface area contributed by atoms with Crippen LogP contribution in [0, 0.1) is 11.8 Å². The Hall–Kier alpha value is -1.91. The highest BCUT2D eigenvalue weighted by molar-refractivity contribution is 5.96. The van der Waals surface area contributed by atoms with Crippen molar-refractivity contribution in [1.29, 1.82) is 0 Å². The minimum atomic E-state index is -0.860. The number of carbonyl (C=O) groups is 2. The molecule has 5 heteroatoms. The highest BCUT2D eigenvalue weighted by Crippen LogP contribution is 2.32. The van der Waals surface area contributed by atoms with Crippen LogP contribution in [0.4, 0.5) is 5.69 Å². The van der Waals surface area contributed by atoms with Crippen molar-refractivity contribution < 1.29 is 14.7 Å². The van der Waals surface area contributed by atoms with Crippen LogP contribution in [0.3, 0.4) is 0 Å². The first-order valence-electron chi connectivity index (χ1n) is 6.51. The van der Waals surface area contributed by atoms with Gasteiger partial charge in [-0.1, -0.05) is 12.8 Å². The summed E-state index contributed by atoms with van der Waals surface area (Å²) in [4.78, 5) is 29.1. The van der Waals surface area contributed by atoms with Crippen LogP contribution in [-0.4, -0.2) is 29.0 Å². The van der Waals surface area contributed by atoms with Crippen molar-refractivity contribution in [2.75, 3.05) is 11.9 Å². The summed E-state index contributed by atoms with van der Waals surface area (Å²) in [7, 11) is 1.69. The van der Waals surface area contributed by atoms with E-state index < -0.39 is 17.8 Å². The fourth-order valence-electron chi connectivity index (χ4n) is 2.67. The van der Waals surface area contributed by atoms with Gasteiger partial charge in [-0.15, -0.1) is 0 Å². The molecule has 2 atom stereocenters. The molecule has 0 aromatic carbocycles. The zero-order chi connectivity index (χ0) is 13.8. The average molecular weight is 262 g/mol. The Morgan fingerprint density at radius 1 is 1.21 bits per heavy atom. The van der Waals surface area contributed by atoms with Gasteiger partial charge in [-0.25, -0.2) is 0 Å². The summed E-state index contributed by atoms with van der Waals surface area (Å²) in [6.07, 6.45) is 6.30. The molecule has 1 aromatic rings. The molecule has 1 aromatic heterocycles. The Bertz CT molecular complexity index is 461. The standard InChI is InChI=1S/C14H18N2O3/c1-16(10-6-8-15-9-7-10)13(17)11-4-2-3-5-12(11)14(18)19/h6-9,11-12H,2-5H2,1H3,(H,18,19). The number of amides is 1. The maximum Gasteiger partial charge on any atom is 0.307 e. The molecule has 0 radical (unpaired) electrons. The fraction of sp³-hybridized carbons (Fsp3) is 0.500. The normalized spacial score (nSPS) is 22.8. The first-order chi connectivity index (χ1) is 9.11. The first-order valence-corrected chi connectivity index (χ1v) is 6.51. The summed E-state index contributed by atoms with van der Waals surface area (Å²) >= 11 is 0. The number of aliphatic carboxylic acids is 1. The van der Waals surface area contributed by atoms with E-state index in [-0.39, 0.29) is 5.91 Å². The zero-order valence-electron chi connectivity index (χ0n) is 11.0. The number of hydrogen-bond acceptors (Lipinski definition) is 3. The average Bonchev–Trinajstić information content (AvgIpc) is 2.46. The van der Waals surface area contributed by atoms with Crippen LogP contribution in [0.1, 0.15) is 25.7 Å². The molecule has 1 fully saturated rings. The smallest absolute Gasteiger partial charge is 0.307 e. The molecule has 0 bridgehead atoms. The predicted molar refractivity (Wildman–Crippen MR) is 70.7 cm³/mol. The van der Waals surface area contributed by atoms with Gasteiger partial charge in [0.2, 0.25) is 5.91 Å². The molecule has 1 heterocycles. The molecule has 1 N–H and O–H groups in total. The van der Waals surface area contributed by atoms with Crippen LogP contribution >= 0.6 is 0 Å². The van der Waals surface area contributed by atoms with Crippen LogP contribution in [0.25, 0.3) is 0 Å². The molecule has 1 amide bonds. The Balaban J connectivity index is 2.15. The molecule has 2 rings (SSSR count). The van der Waals surface area contributed by atoms with E-state index in [0.717, 1.165) is 18.5 Å². The van der Waals surface area contributed by atoms with Crippen LogP contribution in [-0.2, 0) is 9.59 Å². The third kappa shape index (κ3) is 2.92. The second-order valence-electron chi connectivity index (χ2n) is 4.94. The summed E-state index contributed by atoms with van der Waals surface area (Å²) in [6, 6.07) is 3.49. The van der Waals surface area contributed by atoms with Gasteiger partial charge in [0, 0.05) is 25.1 Å². The van der Waals surface area contributed by atoms with E-state index in [1.54, 1.807) is 31.6 Å². The molecule has 19 heavy (non-hydrogen) atoms. The number of pyridine rings is 1. The molecular weight excluding hydrogens is 244 g/mol. The lowest BCUT2D eigenvalue weighted by molar-refractivity contribution is -0.148. The summed E-state index contributed by atoms with van der Waals surface area (Å²) < 4.78 is 0. The van der Waals surface area contributed by atoms with E-state index >= 15 is 0 Å². The summed E-state index contributed by atoms with van der Waals surface area (Å²) in [5.74, 6) is -1.94. The number of aromatic nitrogens is 1. The number of carboxylic acid groups (broad SMARTS) is 1. The molecule has 1 aliphatic rings. The van der Waals surface area contributed by atoms with Crippen molar-refractivity contribution in [3.05, 3.63) is 24.5 Å². The lowest BCUT2D eigenvalue weighted by Gasteiger charge is -2.31. The minimum absolute atomic E-state index is 0.113. The van der Waals surface area contributed by atoms with Gasteiger partial charge < -0.3 is 10.0 Å². The SMILES string of the molecule is CN(C(=O)C1CCCCC1C(=O)O)c1ccncc1. The third-order valence-electron chi connectivity index (χ3n) is 3.78. The predicted octanol–water partition coefficient (Wildman–Crippen LogP) is 1.94. The largest absolute Gasteiger partial charge is 0.481 e. The molecule has 0 spiro atoms. The van der Waals surface area contributed by atoms with E-state index in [4.69, 9.17) is 0 Å². The van der Waals surface area contributed by atoms with Gasteiger partial charge in [0.05, 0.1) is 11.8 Å². The molecule has 5 nitrogen and oxygen atoms in total. The zero-order valence-corrected chi connectivity index (χ0v) is 11.0. The Morgan fingerprint density at radius 2 is 1.79 bits per heavy atom. The molecule has 102 valence electrons. The van der Waals surface area contributed by atoms with Gasteiger partial charge in [0.1, 0.15) is 0 Å². The highest BCUT2D eigenvalue weighted by atomic mass is 16.4. The third-order valence-corrected chi connectivity index (χ3v) is 3.78. The number of carbonyl (C=O) groups excluding carboxylic acids is 1. The number of hydrogen-bond donors (Lipinski definition) is 1. The Morgan fingerprint density at radius 3 is 2.37 bits per heavy atom. The van der Waals surface area contributed by atoms with Crippen molar-refractivity contribution in [2.45, 2.75) is 25.7 Å². The Labute approximate surface area is 112 Å². The van der Waals surface area contributed by atoms with Crippen LogP contribution in [0.5, 0.6) is 0 Å². The van der Waals surface area contributed by atoms with Gasteiger partial charge in [-0.2, -0.15) is 0 Å². The van der Waals surface area contributed by atoms with Gasteiger partial charge in [0.25, 0.3) is 0 Å². The van der Waals surface area contributed by atoms with Crippen LogP contribution < -0.4 is 4.90 Å². The number of nitrogens with zero attached hydrogens (tertiary/aromatic N) is 2. The number of rotatable bonds is 3. The van der Waals surface area contributed by atoms with Crippen molar-refractivity contribution >= 4 is 17.6 Å². The summed E-state index contributed by atoms with van der Waals surface area (Å²) in [5.41, 5.74) is 0.745. The van der Waals surface area contributed by atoms with Gasteiger partial charge in [-0.05, 0) is 25.0 Å². The lowest BCUT2D eigenvalue weighted by Crippen LogP contribution is -2.40. The monoisotopic (exact) mass is 262 g/mol. The molecule has 0 aliphatic heterocycles. The van der Waals surface area contributed by atoms with Gasteiger partial charge in [0.15, 0.2) is 0 Å². The van der Waals surface area contributed by atoms with Crippen LogP contribution in [0.15, 0.2) is 24.5 Å². The van der Waals surface area contributed by atoms with E-state index in [1.807, 2.05) is 0 Å². The minimum Gasteiger partial charge on any atom is -0.481 e. The van der Waals surface area contributed by atoms with Crippen molar-refractivity contribution in [1.82, 2.24) is 4.98 Å². The molecule has 2 unspecified atom stereocenters. The van der Waals surface area contributed by atoms with Crippen molar-refractivity contribution in [3.63, 3.8) is 0 Å². The summed E-state index contributed by atoms with van der Waals surface area (Å²) in [5, 5.41) is 9.23. The van der Waals surface area contributed by atoms with E-state index in [9.17, 15) is 14.7 Å². The topological polar surface area (TPSA) is 70.5 Å². The maximum absolute atomic E-state index is 12.5. The Kier molecular flexibility index (Phi) is 4.14. The maximum atomic E-state index is 12.5. The van der Waals surface area contributed by atoms with Gasteiger partial charge in [-0.3, -0.25) is 14.6 Å². The number of anilines is 1. The first kappa shape index (κ1) is 13.5. The molecule has 0 saturated heterocycles. The highest BCUT2D eigenvalue weighted by Gasteiger charge is 2.37. The number of carboxylic acids is 1. The van der Waals surface area contributed by atoms with Crippen LogP contribution in [0.2, 0.25) is 0 Å². The molecular formula is C14H18N2O3. The quantitative estimate of drug-likeness (QED) is 0.903. The molecule has 1 aliphatic carbocycles. The van der Waals surface area contributed by atoms with E-state index in [0.29, 0.717) is 12.8 Å². The van der Waals surface area contributed by atoms with Crippen molar-refractivity contribution in [2.24, 2.45) is 11.8 Å². The second-order valence-corrected chi connectivity index (χ2v) is 4.94. The summed E-state index contributed by atoms with van der Waals surface area (Å²) in [6.45, 7) is 0.